The van der Waals surface area contributed by atoms with E-state index in [-0.39, 0.29) is 0 Å². The standard InChI is InChI=1S/C5H8O2/c1-3-5(6)7-4-2/h3H,1,4H2,2H3/i1D. The maximum atomic E-state index is 10.2. The van der Waals surface area contributed by atoms with Crippen LogP contribution in [-0.2, 0) is 9.53 Å². The molecule has 0 aromatic carbocycles. The zero-order valence-corrected chi connectivity index (χ0v) is 4.18. The first-order valence-corrected chi connectivity index (χ1v) is 2.03. The van der Waals surface area contributed by atoms with Gasteiger partial charge in [0.1, 0.15) is 0 Å². The molecule has 0 amide bonds. The van der Waals surface area contributed by atoms with Gasteiger partial charge in [0.25, 0.3) is 0 Å². The van der Waals surface area contributed by atoms with Gasteiger partial charge in [-0.3, -0.25) is 0 Å². The molecular weight excluding hydrogens is 92.1 g/mol. The van der Waals surface area contributed by atoms with Gasteiger partial charge in [-0.2, -0.15) is 0 Å². The highest BCUT2D eigenvalue weighted by Gasteiger charge is 1.86. The minimum Gasteiger partial charge on any atom is -0.463 e. The van der Waals surface area contributed by atoms with Crippen LogP contribution in [0.1, 0.15) is 8.29 Å². The highest BCUT2D eigenvalue weighted by molar-refractivity contribution is 5.81. The van der Waals surface area contributed by atoms with Crippen LogP contribution < -0.4 is 0 Å². The molecule has 0 atom stereocenters. The van der Waals surface area contributed by atoms with Crippen molar-refractivity contribution >= 4 is 5.97 Å². The van der Waals surface area contributed by atoms with Crippen molar-refractivity contribution in [1.29, 1.82) is 0 Å². The fourth-order valence-corrected chi connectivity index (χ4v) is 0.190. The molecule has 2 heteroatoms. The Morgan fingerprint density at radius 2 is 3.00 bits per heavy atom. The molecule has 0 aliphatic carbocycles. The lowest BCUT2D eigenvalue weighted by molar-refractivity contribution is -0.137. The van der Waals surface area contributed by atoms with Crippen molar-refractivity contribution in [2.45, 2.75) is 6.92 Å². The van der Waals surface area contributed by atoms with Gasteiger partial charge in [-0.15, -0.1) is 0 Å². The number of rotatable bonds is 2. The predicted octanol–water partition coefficient (Wildman–Crippen LogP) is 0.736. The molecule has 0 aromatic rings. The summed E-state index contributed by atoms with van der Waals surface area (Å²) in [5.41, 5.74) is 0. The Morgan fingerprint density at radius 3 is 3.43 bits per heavy atom. The van der Waals surface area contributed by atoms with Crippen LogP contribution in [0.4, 0.5) is 0 Å². The molecule has 0 bridgehead atoms. The quantitative estimate of drug-likeness (QED) is 0.378. The van der Waals surface area contributed by atoms with Crippen molar-refractivity contribution in [3.05, 3.63) is 12.6 Å². The van der Waals surface area contributed by atoms with E-state index in [0.29, 0.717) is 6.61 Å². The third-order valence-corrected chi connectivity index (χ3v) is 0.423. The lowest BCUT2D eigenvalue weighted by atomic mass is 10.6. The monoisotopic (exact) mass is 101 g/mol. The number of esters is 1. The van der Waals surface area contributed by atoms with Gasteiger partial charge in [-0.05, 0) is 6.92 Å². The fourth-order valence-electron chi connectivity index (χ4n) is 0.190. The first-order chi connectivity index (χ1) is 3.81. The third kappa shape index (κ3) is 3.03. The second-order valence-electron chi connectivity index (χ2n) is 0.919. The number of carbonyl (C=O) groups excluding carboxylic acids is 1. The number of hydrogen-bond donors (Lipinski definition) is 0. The average Bonchev–Trinajstić information content (AvgIpc) is 1.68. The van der Waals surface area contributed by atoms with Gasteiger partial charge < -0.3 is 4.74 Å². The Morgan fingerprint density at radius 1 is 2.29 bits per heavy atom. The second kappa shape index (κ2) is 3.40. The molecule has 0 spiro atoms. The molecule has 0 aromatic heterocycles. The lowest BCUT2D eigenvalue weighted by Crippen LogP contribution is -1.97. The average molecular weight is 101 g/mol. The zero-order valence-electron chi connectivity index (χ0n) is 5.18. The topological polar surface area (TPSA) is 26.3 Å². The smallest absolute Gasteiger partial charge is 0.330 e. The maximum Gasteiger partial charge on any atom is 0.330 e. The van der Waals surface area contributed by atoms with Crippen molar-refractivity contribution in [2.24, 2.45) is 0 Å². The Kier molecular flexibility index (Phi) is 2.12. The van der Waals surface area contributed by atoms with Gasteiger partial charge in [-0.1, -0.05) is 6.55 Å². The van der Waals surface area contributed by atoms with E-state index in [1.807, 2.05) is 0 Å². The van der Waals surface area contributed by atoms with Gasteiger partial charge in [0, 0.05) is 6.08 Å². The molecule has 0 saturated heterocycles. The van der Waals surface area contributed by atoms with E-state index in [9.17, 15) is 4.79 Å². The molecule has 0 rings (SSSR count). The summed E-state index contributed by atoms with van der Waals surface area (Å²) in [7, 11) is 0. The number of ether oxygens (including phenoxy) is 1. The van der Waals surface area contributed by atoms with E-state index in [1.165, 1.54) is 0 Å². The van der Waals surface area contributed by atoms with E-state index in [1.54, 1.807) is 6.92 Å². The van der Waals surface area contributed by atoms with Crippen LogP contribution in [0.25, 0.3) is 0 Å². The Hall–Kier alpha value is -0.790. The van der Waals surface area contributed by atoms with Crippen molar-refractivity contribution in [2.75, 3.05) is 6.61 Å². The van der Waals surface area contributed by atoms with E-state index in [4.69, 9.17) is 1.37 Å². The molecule has 2 nitrogen and oxygen atoms in total. The number of hydrogen-bond acceptors (Lipinski definition) is 2. The molecule has 0 N–H and O–H groups in total. The molecule has 0 unspecified atom stereocenters. The van der Waals surface area contributed by atoms with Crippen molar-refractivity contribution < 1.29 is 10.9 Å². The number of carbonyl (C=O) groups is 1. The molecule has 0 saturated carbocycles. The molecule has 0 fully saturated rings. The van der Waals surface area contributed by atoms with Crippen LogP contribution in [0, 0.1) is 0 Å². The Bertz CT molecular complexity index is 98.6. The molecule has 0 aliphatic heterocycles. The van der Waals surface area contributed by atoms with Gasteiger partial charge in [0.05, 0.1) is 7.98 Å². The summed E-state index contributed by atoms with van der Waals surface area (Å²) in [5.74, 6) is -0.456. The predicted molar refractivity (Wildman–Crippen MR) is 26.8 cm³/mol. The summed E-state index contributed by atoms with van der Waals surface area (Å²) in [6.07, 6.45) is 1.06. The van der Waals surface area contributed by atoms with Crippen LogP contribution in [0.5, 0.6) is 0 Å². The molecule has 0 radical (unpaired) electrons. The Labute approximate surface area is 44.2 Å². The normalized spacial score (nSPS) is 11.3. The van der Waals surface area contributed by atoms with Gasteiger partial charge in [-0.25, -0.2) is 4.79 Å². The molecule has 0 aliphatic rings. The van der Waals surface area contributed by atoms with Crippen LogP contribution in [0.2, 0.25) is 0 Å². The van der Waals surface area contributed by atoms with Gasteiger partial charge >= 0.3 is 5.97 Å². The largest absolute Gasteiger partial charge is 0.463 e. The van der Waals surface area contributed by atoms with E-state index < -0.39 is 5.97 Å². The van der Waals surface area contributed by atoms with E-state index in [0.717, 1.165) is 12.6 Å². The van der Waals surface area contributed by atoms with Crippen LogP contribution in [-0.4, -0.2) is 12.6 Å². The molecular formula is C5H8O2. The summed E-state index contributed by atoms with van der Waals surface area (Å²) < 4.78 is 10.9. The van der Waals surface area contributed by atoms with Gasteiger partial charge in [0.15, 0.2) is 0 Å². The lowest BCUT2D eigenvalue weighted by Gasteiger charge is -1.90. The first-order valence-electron chi connectivity index (χ1n) is 2.60. The van der Waals surface area contributed by atoms with Crippen LogP contribution in [0.3, 0.4) is 0 Å². The third-order valence-electron chi connectivity index (χ3n) is 0.423. The molecule has 7 heavy (non-hydrogen) atoms. The highest BCUT2D eigenvalue weighted by Crippen LogP contribution is 1.74. The SMILES string of the molecule is [2H]C=CC(=O)OCC. The fraction of sp³-hybridized carbons (Fsp3) is 0.400. The Balaban J connectivity index is 3.33. The van der Waals surface area contributed by atoms with Crippen LogP contribution in [0.15, 0.2) is 12.6 Å². The van der Waals surface area contributed by atoms with Crippen molar-refractivity contribution in [3.8, 4) is 0 Å². The van der Waals surface area contributed by atoms with Gasteiger partial charge in [0.2, 0.25) is 0 Å². The molecule has 0 heterocycles. The summed E-state index contributed by atoms with van der Waals surface area (Å²) in [4.78, 5) is 10.2. The summed E-state index contributed by atoms with van der Waals surface area (Å²) >= 11 is 0. The zero-order chi connectivity index (χ0) is 6.41. The van der Waals surface area contributed by atoms with Crippen LogP contribution >= 0.6 is 0 Å². The highest BCUT2D eigenvalue weighted by atomic mass is 16.5. The van der Waals surface area contributed by atoms with E-state index in [2.05, 4.69) is 4.74 Å². The second-order valence-corrected chi connectivity index (χ2v) is 0.919. The van der Waals surface area contributed by atoms with E-state index >= 15 is 0 Å². The van der Waals surface area contributed by atoms with Crippen molar-refractivity contribution in [3.63, 3.8) is 0 Å². The first kappa shape index (κ1) is 4.37. The molecule has 40 valence electrons. The summed E-state index contributed by atoms with van der Waals surface area (Å²) in [5, 5.41) is 0. The summed E-state index contributed by atoms with van der Waals surface area (Å²) in [6, 6.07) is 0. The minimum absolute atomic E-state index is 0.364. The maximum absolute atomic E-state index is 10.2. The minimum atomic E-state index is -0.456. The summed E-state index contributed by atoms with van der Waals surface area (Å²) in [6.45, 7) is 2.98. The van der Waals surface area contributed by atoms with Crippen molar-refractivity contribution in [1.82, 2.24) is 0 Å².